The minimum atomic E-state index is -0.493. The highest BCUT2D eigenvalue weighted by atomic mass is 16.6. The van der Waals surface area contributed by atoms with Crippen molar-refractivity contribution in [1.29, 1.82) is 0 Å². The van der Waals surface area contributed by atoms with Crippen LogP contribution < -0.4 is 4.74 Å². The first-order chi connectivity index (χ1) is 11.6. The lowest BCUT2D eigenvalue weighted by Crippen LogP contribution is -1.97. The summed E-state index contributed by atoms with van der Waals surface area (Å²) >= 11 is 0. The number of cyclic esters (lactones) is 1. The van der Waals surface area contributed by atoms with Gasteiger partial charge in [-0.1, -0.05) is 12.1 Å². The third-order valence-corrected chi connectivity index (χ3v) is 3.50. The Labute approximate surface area is 137 Å². The Balaban J connectivity index is 1.90. The summed E-state index contributed by atoms with van der Waals surface area (Å²) in [6.07, 6.45) is 3.18. The number of benzene rings is 2. The molecule has 3 rings (SSSR count). The van der Waals surface area contributed by atoms with Gasteiger partial charge >= 0.3 is 5.97 Å². The molecular formula is C18H13NO5. The standard InChI is InChI=1S/C18H13NO5/c1-23-16-7-5-13(6-8-16)17-11-14(18(20)24-17)9-12-3-2-4-15(10-12)19(21)22/h2-11H,1H3/b14-9+. The Kier molecular flexibility index (Phi) is 4.11. The quantitative estimate of drug-likeness (QED) is 0.372. The first-order valence-corrected chi connectivity index (χ1v) is 7.11. The van der Waals surface area contributed by atoms with Crippen LogP contribution in [0.3, 0.4) is 0 Å². The van der Waals surface area contributed by atoms with Crippen LogP contribution >= 0.6 is 0 Å². The predicted molar refractivity (Wildman–Crippen MR) is 88.1 cm³/mol. The molecule has 0 amide bonds. The van der Waals surface area contributed by atoms with Gasteiger partial charge in [-0.2, -0.15) is 0 Å². The molecule has 6 nitrogen and oxygen atoms in total. The lowest BCUT2D eigenvalue weighted by Gasteiger charge is -2.03. The molecule has 0 aromatic heterocycles. The molecular weight excluding hydrogens is 310 g/mol. The molecule has 1 heterocycles. The van der Waals surface area contributed by atoms with Crippen LogP contribution in [0.1, 0.15) is 11.1 Å². The van der Waals surface area contributed by atoms with Crippen LogP contribution in [0.15, 0.2) is 60.2 Å². The molecule has 0 N–H and O–H groups in total. The summed E-state index contributed by atoms with van der Waals surface area (Å²) in [5.41, 5.74) is 1.60. The Morgan fingerprint density at radius 3 is 2.58 bits per heavy atom. The summed E-state index contributed by atoms with van der Waals surface area (Å²) in [6.45, 7) is 0. The molecule has 0 saturated carbocycles. The van der Waals surface area contributed by atoms with Crippen LogP contribution in [0, 0.1) is 10.1 Å². The molecule has 1 aliphatic rings. The van der Waals surface area contributed by atoms with Crippen LogP contribution in [-0.2, 0) is 9.53 Å². The van der Waals surface area contributed by atoms with Gasteiger partial charge in [0.15, 0.2) is 0 Å². The third-order valence-electron chi connectivity index (χ3n) is 3.50. The smallest absolute Gasteiger partial charge is 0.343 e. The zero-order chi connectivity index (χ0) is 17.1. The average Bonchev–Trinajstić information content (AvgIpc) is 2.96. The van der Waals surface area contributed by atoms with E-state index in [0.717, 1.165) is 5.56 Å². The fourth-order valence-corrected chi connectivity index (χ4v) is 2.29. The lowest BCUT2D eigenvalue weighted by atomic mass is 10.1. The molecule has 2 aromatic rings. The molecule has 2 aromatic carbocycles. The monoisotopic (exact) mass is 323 g/mol. The number of non-ortho nitro benzene ring substituents is 1. The fraction of sp³-hybridized carbons (Fsp3) is 0.0556. The van der Waals surface area contributed by atoms with E-state index < -0.39 is 10.9 Å². The highest BCUT2D eigenvalue weighted by molar-refractivity contribution is 6.05. The van der Waals surface area contributed by atoms with Crippen molar-refractivity contribution in [3.05, 3.63) is 81.4 Å². The number of esters is 1. The second-order valence-electron chi connectivity index (χ2n) is 5.08. The van der Waals surface area contributed by atoms with Gasteiger partial charge in [0.05, 0.1) is 17.6 Å². The summed E-state index contributed by atoms with van der Waals surface area (Å²) in [7, 11) is 1.57. The summed E-state index contributed by atoms with van der Waals surface area (Å²) in [5.74, 6) is 0.641. The van der Waals surface area contributed by atoms with Crippen molar-refractivity contribution in [2.24, 2.45) is 0 Å². The first kappa shape index (κ1) is 15.5. The topological polar surface area (TPSA) is 78.7 Å². The Bertz CT molecular complexity index is 865. The van der Waals surface area contributed by atoms with Crippen molar-refractivity contribution in [3.8, 4) is 5.75 Å². The number of hydrogen-bond donors (Lipinski definition) is 0. The van der Waals surface area contributed by atoms with E-state index in [0.29, 0.717) is 22.6 Å². The number of ether oxygens (including phenoxy) is 2. The van der Waals surface area contributed by atoms with E-state index in [4.69, 9.17) is 9.47 Å². The summed E-state index contributed by atoms with van der Waals surface area (Å²) in [5, 5.41) is 10.8. The first-order valence-electron chi connectivity index (χ1n) is 7.11. The molecule has 0 spiro atoms. The van der Waals surface area contributed by atoms with Gasteiger partial charge in [0.25, 0.3) is 5.69 Å². The van der Waals surface area contributed by atoms with Gasteiger partial charge in [-0.05, 0) is 42.0 Å². The van der Waals surface area contributed by atoms with Crippen LogP contribution in [0.5, 0.6) is 5.75 Å². The Hall–Kier alpha value is -3.41. The summed E-state index contributed by atoms with van der Waals surface area (Å²) < 4.78 is 10.4. The van der Waals surface area contributed by atoms with Gasteiger partial charge < -0.3 is 9.47 Å². The molecule has 0 radical (unpaired) electrons. The number of hydrogen-bond acceptors (Lipinski definition) is 5. The van der Waals surface area contributed by atoms with E-state index >= 15 is 0 Å². The van der Waals surface area contributed by atoms with E-state index in [1.807, 2.05) is 0 Å². The predicted octanol–water partition coefficient (Wildman–Crippen LogP) is 3.58. The highest BCUT2D eigenvalue weighted by Gasteiger charge is 2.22. The van der Waals surface area contributed by atoms with Gasteiger partial charge in [-0.25, -0.2) is 4.79 Å². The van der Waals surface area contributed by atoms with Crippen molar-refractivity contribution < 1.29 is 19.2 Å². The molecule has 0 bridgehead atoms. The molecule has 0 saturated heterocycles. The molecule has 6 heteroatoms. The van der Waals surface area contributed by atoms with Crippen LogP contribution in [-0.4, -0.2) is 18.0 Å². The van der Waals surface area contributed by atoms with E-state index in [1.165, 1.54) is 12.1 Å². The van der Waals surface area contributed by atoms with Crippen molar-refractivity contribution >= 4 is 23.5 Å². The number of rotatable bonds is 4. The van der Waals surface area contributed by atoms with Crippen molar-refractivity contribution in [2.75, 3.05) is 7.11 Å². The zero-order valence-corrected chi connectivity index (χ0v) is 12.8. The summed E-state index contributed by atoms with van der Waals surface area (Å²) in [4.78, 5) is 22.3. The van der Waals surface area contributed by atoms with Gasteiger partial charge in [0.1, 0.15) is 11.5 Å². The third kappa shape index (κ3) is 3.17. The maximum absolute atomic E-state index is 12.0. The molecule has 0 fully saturated rings. The van der Waals surface area contributed by atoms with E-state index in [2.05, 4.69) is 0 Å². The summed E-state index contributed by atoms with van der Waals surface area (Å²) in [6, 6.07) is 13.2. The van der Waals surface area contributed by atoms with Crippen molar-refractivity contribution in [1.82, 2.24) is 0 Å². The largest absolute Gasteiger partial charge is 0.497 e. The molecule has 24 heavy (non-hydrogen) atoms. The van der Waals surface area contributed by atoms with Crippen LogP contribution in [0.25, 0.3) is 11.8 Å². The van der Waals surface area contributed by atoms with Crippen LogP contribution in [0.4, 0.5) is 5.69 Å². The Morgan fingerprint density at radius 2 is 1.92 bits per heavy atom. The second kappa shape index (κ2) is 6.37. The number of nitro benzene ring substituents is 1. The second-order valence-corrected chi connectivity index (χ2v) is 5.08. The SMILES string of the molecule is COc1ccc(C2=C/C(=C\c3cccc([N+](=O)[O-])c3)C(=O)O2)cc1. The Morgan fingerprint density at radius 1 is 1.17 bits per heavy atom. The van der Waals surface area contributed by atoms with Crippen LogP contribution in [0.2, 0.25) is 0 Å². The van der Waals surface area contributed by atoms with E-state index in [-0.39, 0.29) is 5.69 Å². The number of nitrogens with zero attached hydrogens (tertiary/aromatic N) is 1. The zero-order valence-electron chi connectivity index (χ0n) is 12.8. The minimum Gasteiger partial charge on any atom is -0.497 e. The number of carbonyl (C=O) groups is 1. The van der Waals surface area contributed by atoms with E-state index in [1.54, 1.807) is 55.7 Å². The maximum atomic E-state index is 12.0. The number of nitro groups is 1. The number of methoxy groups -OCH3 is 1. The van der Waals surface area contributed by atoms with Gasteiger partial charge in [0, 0.05) is 17.7 Å². The molecule has 0 atom stereocenters. The average molecular weight is 323 g/mol. The minimum absolute atomic E-state index is 0.0323. The van der Waals surface area contributed by atoms with Gasteiger partial charge in [-0.15, -0.1) is 0 Å². The molecule has 0 unspecified atom stereocenters. The van der Waals surface area contributed by atoms with E-state index in [9.17, 15) is 14.9 Å². The maximum Gasteiger partial charge on any atom is 0.343 e. The van der Waals surface area contributed by atoms with Crippen molar-refractivity contribution in [3.63, 3.8) is 0 Å². The molecule has 0 aliphatic carbocycles. The highest BCUT2D eigenvalue weighted by Crippen LogP contribution is 2.29. The normalized spacial score (nSPS) is 15.1. The molecule has 120 valence electrons. The van der Waals surface area contributed by atoms with Gasteiger partial charge in [0.2, 0.25) is 0 Å². The number of carbonyl (C=O) groups excluding carboxylic acids is 1. The molecule has 1 aliphatic heterocycles. The lowest BCUT2D eigenvalue weighted by molar-refractivity contribution is -0.384. The van der Waals surface area contributed by atoms with Crippen molar-refractivity contribution in [2.45, 2.75) is 0 Å². The fourth-order valence-electron chi connectivity index (χ4n) is 2.29. The van der Waals surface area contributed by atoms with Gasteiger partial charge in [-0.3, -0.25) is 10.1 Å².